The van der Waals surface area contributed by atoms with Crippen molar-refractivity contribution in [2.45, 2.75) is 69.0 Å². The Morgan fingerprint density at radius 2 is 1.81 bits per heavy atom. The minimum Gasteiger partial charge on any atom is -0.370 e. The lowest BCUT2D eigenvalue weighted by Gasteiger charge is -2.41. The predicted octanol–water partition coefficient (Wildman–Crippen LogP) is 0.656. The van der Waals surface area contributed by atoms with E-state index in [9.17, 15) is 9.59 Å². The fourth-order valence-corrected chi connectivity index (χ4v) is 5.24. The molecule has 1 unspecified atom stereocenters. The van der Waals surface area contributed by atoms with Crippen LogP contribution < -0.4 is 11.2 Å². The molecule has 4 heterocycles. The lowest BCUT2D eigenvalue weighted by Crippen LogP contribution is -2.45. The van der Waals surface area contributed by atoms with E-state index in [4.69, 9.17) is 14.2 Å². The van der Waals surface area contributed by atoms with Crippen molar-refractivity contribution in [2.75, 3.05) is 26.3 Å². The van der Waals surface area contributed by atoms with Crippen LogP contribution in [0.4, 0.5) is 0 Å². The molecule has 2 saturated heterocycles. The largest absolute Gasteiger partial charge is 0.370 e. The van der Waals surface area contributed by atoms with Crippen LogP contribution in [0.1, 0.15) is 49.8 Å². The molecule has 2 spiro atoms. The Morgan fingerprint density at radius 1 is 1.04 bits per heavy atom. The van der Waals surface area contributed by atoms with Gasteiger partial charge in [-0.05, 0) is 32.1 Å². The Balaban J connectivity index is 1.20. The zero-order chi connectivity index (χ0) is 18.5. The van der Waals surface area contributed by atoms with Crippen molar-refractivity contribution in [3.8, 4) is 0 Å². The number of nitrogens with one attached hydrogen (secondary N) is 2. The van der Waals surface area contributed by atoms with Gasteiger partial charge in [-0.15, -0.1) is 0 Å². The monoisotopic (exact) mass is 377 g/mol. The van der Waals surface area contributed by atoms with Crippen LogP contribution in [0, 0.1) is 0 Å². The Bertz CT molecular complexity index is 815. The van der Waals surface area contributed by atoms with Gasteiger partial charge in [-0.2, -0.15) is 0 Å². The fourth-order valence-electron chi connectivity index (χ4n) is 5.24. The maximum absolute atomic E-state index is 11.9. The number of aromatic nitrogens is 2. The lowest BCUT2D eigenvalue weighted by atomic mass is 9.79. The summed E-state index contributed by atoms with van der Waals surface area (Å²) in [6.07, 6.45) is 6.85. The first-order valence-corrected chi connectivity index (χ1v) is 10.1. The second-order valence-electron chi connectivity index (χ2n) is 8.42. The number of aromatic amines is 2. The van der Waals surface area contributed by atoms with E-state index in [1.54, 1.807) is 0 Å². The van der Waals surface area contributed by atoms with Crippen molar-refractivity contribution in [1.82, 2.24) is 14.9 Å². The minimum atomic E-state index is -0.427. The first-order chi connectivity index (χ1) is 13.0. The Labute approximate surface area is 157 Å². The van der Waals surface area contributed by atoms with E-state index in [0.717, 1.165) is 57.3 Å². The summed E-state index contributed by atoms with van der Waals surface area (Å²) in [5, 5.41) is 0. The summed E-state index contributed by atoms with van der Waals surface area (Å²) in [4.78, 5) is 30.8. The molecule has 2 N–H and O–H groups in total. The standard InChI is InChI=1S/C19H27N3O5/c23-16-14-2-8-22(12-15(14)20-17(24)21-16)11-13-1-3-18(27-13)4-6-19(7-5-18)25-9-10-26-19/h13H,1-12H2,(H2,20,21,23,24). The van der Waals surface area contributed by atoms with Crippen LogP contribution in [0.2, 0.25) is 0 Å². The maximum Gasteiger partial charge on any atom is 0.325 e. The third-order valence-corrected chi connectivity index (χ3v) is 6.73. The number of ether oxygens (including phenoxy) is 3. The summed E-state index contributed by atoms with van der Waals surface area (Å²) in [6.45, 7) is 3.68. The molecule has 4 aliphatic rings. The first-order valence-electron chi connectivity index (χ1n) is 10.1. The van der Waals surface area contributed by atoms with Gasteiger partial charge in [0.1, 0.15) is 0 Å². The van der Waals surface area contributed by atoms with Crippen molar-refractivity contribution in [1.29, 1.82) is 0 Å². The van der Waals surface area contributed by atoms with Gasteiger partial charge in [0, 0.05) is 43.7 Å². The van der Waals surface area contributed by atoms with E-state index in [1.807, 2.05) is 0 Å². The highest BCUT2D eigenvalue weighted by Gasteiger charge is 2.50. The Kier molecular flexibility index (Phi) is 4.27. The summed E-state index contributed by atoms with van der Waals surface area (Å²) in [5.74, 6) is -0.345. The summed E-state index contributed by atoms with van der Waals surface area (Å²) >= 11 is 0. The molecule has 1 aliphatic carbocycles. The summed E-state index contributed by atoms with van der Waals surface area (Å²) in [5.41, 5.74) is 0.757. The summed E-state index contributed by atoms with van der Waals surface area (Å²) in [7, 11) is 0. The lowest BCUT2D eigenvalue weighted by molar-refractivity contribution is -0.208. The average molecular weight is 377 g/mol. The van der Waals surface area contributed by atoms with Crippen LogP contribution in [-0.4, -0.2) is 58.7 Å². The van der Waals surface area contributed by atoms with Crippen LogP contribution in [-0.2, 0) is 27.2 Å². The maximum atomic E-state index is 11.9. The molecule has 3 aliphatic heterocycles. The molecule has 27 heavy (non-hydrogen) atoms. The van der Waals surface area contributed by atoms with E-state index in [0.29, 0.717) is 31.7 Å². The van der Waals surface area contributed by atoms with Crippen LogP contribution in [0.3, 0.4) is 0 Å². The third-order valence-electron chi connectivity index (χ3n) is 6.73. The number of nitrogens with zero attached hydrogens (tertiary/aromatic N) is 1. The van der Waals surface area contributed by atoms with Crippen LogP contribution in [0.25, 0.3) is 0 Å². The molecular weight excluding hydrogens is 350 g/mol. The summed E-state index contributed by atoms with van der Waals surface area (Å²) in [6, 6.07) is 0. The predicted molar refractivity (Wildman–Crippen MR) is 96.6 cm³/mol. The van der Waals surface area contributed by atoms with Gasteiger partial charge in [-0.3, -0.25) is 14.7 Å². The molecule has 0 bridgehead atoms. The van der Waals surface area contributed by atoms with Gasteiger partial charge in [-0.25, -0.2) is 4.79 Å². The van der Waals surface area contributed by atoms with Crippen molar-refractivity contribution < 1.29 is 14.2 Å². The van der Waals surface area contributed by atoms with Gasteiger partial charge in [0.25, 0.3) is 5.56 Å². The normalized spacial score (nSPS) is 29.4. The van der Waals surface area contributed by atoms with Gasteiger partial charge in [0.2, 0.25) is 0 Å². The van der Waals surface area contributed by atoms with Gasteiger partial charge in [-0.1, -0.05) is 0 Å². The Hall–Kier alpha value is -1.48. The molecular formula is C19H27N3O5. The van der Waals surface area contributed by atoms with E-state index >= 15 is 0 Å². The van der Waals surface area contributed by atoms with Crippen molar-refractivity contribution in [3.05, 3.63) is 32.1 Å². The van der Waals surface area contributed by atoms with Crippen molar-refractivity contribution >= 4 is 0 Å². The zero-order valence-electron chi connectivity index (χ0n) is 15.6. The topological polar surface area (TPSA) is 96.7 Å². The minimum absolute atomic E-state index is 0.0234. The quantitative estimate of drug-likeness (QED) is 0.786. The second-order valence-corrected chi connectivity index (χ2v) is 8.42. The number of H-pyrrole nitrogens is 2. The molecule has 3 fully saturated rings. The SMILES string of the molecule is O=c1[nH]c2c(c(=O)[nH]1)CCN(CC1CCC3(CCC4(CC3)OCCO4)O1)C2. The molecule has 1 saturated carbocycles. The number of hydrogen-bond acceptors (Lipinski definition) is 6. The fraction of sp³-hybridized carbons (Fsp3) is 0.789. The summed E-state index contributed by atoms with van der Waals surface area (Å²) < 4.78 is 18.2. The highest BCUT2D eigenvalue weighted by atomic mass is 16.7. The van der Waals surface area contributed by atoms with Crippen LogP contribution in [0.5, 0.6) is 0 Å². The van der Waals surface area contributed by atoms with Crippen LogP contribution in [0.15, 0.2) is 9.59 Å². The number of rotatable bonds is 2. The molecule has 0 aromatic carbocycles. The van der Waals surface area contributed by atoms with Crippen LogP contribution >= 0.6 is 0 Å². The molecule has 8 nitrogen and oxygen atoms in total. The molecule has 148 valence electrons. The van der Waals surface area contributed by atoms with E-state index in [1.165, 1.54) is 0 Å². The van der Waals surface area contributed by atoms with E-state index in [-0.39, 0.29) is 23.1 Å². The third kappa shape index (κ3) is 3.29. The molecule has 1 aromatic rings. The van der Waals surface area contributed by atoms with Gasteiger partial charge >= 0.3 is 5.69 Å². The Morgan fingerprint density at radius 3 is 2.59 bits per heavy atom. The van der Waals surface area contributed by atoms with Gasteiger partial charge in [0.05, 0.1) is 24.9 Å². The van der Waals surface area contributed by atoms with Crippen molar-refractivity contribution in [3.63, 3.8) is 0 Å². The molecule has 0 radical (unpaired) electrons. The molecule has 5 rings (SSSR count). The average Bonchev–Trinajstić information content (AvgIpc) is 3.26. The first kappa shape index (κ1) is 17.6. The molecule has 8 heteroatoms. The molecule has 1 atom stereocenters. The van der Waals surface area contributed by atoms with Crippen molar-refractivity contribution in [2.24, 2.45) is 0 Å². The smallest absolute Gasteiger partial charge is 0.325 e. The van der Waals surface area contributed by atoms with Gasteiger partial charge < -0.3 is 19.2 Å². The highest BCUT2D eigenvalue weighted by molar-refractivity contribution is 5.19. The molecule has 0 amide bonds. The van der Waals surface area contributed by atoms with E-state index < -0.39 is 5.69 Å². The zero-order valence-corrected chi connectivity index (χ0v) is 15.6. The number of fused-ring (bicyclic) bond motifs is 1. The molecule has 1 aromatic heterocycles. The van der Waals surface area contributed by atoms with Gasteiger partial charge in [0.15, 0.2) is 5.79 Å². The number of hydrogen-bond donors (Lipinski definition) is 2. The highest BCUT2D eigenvalue weighted by Crippen LogP contribution is 2.47. The van der Waals surface area contributed by atoms with E-state index in [2.05, 4.69) is 14.9 Å². The second kappa shape index (κ2) is 6.55.